The molecule has 1 aliphatic heterocycles. The van der Waals surface area contributed by atoms with E-state index in [9.17, 15) is 4.79 Å². The molecule has 0 spiro atoms. The van der Waals surface area contributed by atoms with Crippen molar-refractivity contribution in [3.05, 3.63) is 28.2 Å². The van der Waals surface area contributed by atoms with Crippen molar-refractivity contribution >= 4 is 21.8 Å². The predicted molar refractivity (Wildman–Crippen MR) is 75.0 cm³/mol. The molecule has 1 atom stereocenters. The summed E-state index contributed by atoms with van der Waals surface area (Å²) in [5.41, 5.74) is 0.719. The zero-order valence-electron chi connectivity index (χ0n) is 10.8. The molecule has 1 amide bonds. The van der Waals surface area contributed by atoms with E-state index in [-0.39, 0.29) is 5.91 Å². The number of ether oxygens (including phenoxy) is 1. The average molecular weight is 312 g/mol. The molecular formula is C14H18BrNO2. The van der Waals surface area contributed by atoms with Crippen LogP contribution in [0, 0.1) is 5.92 Å². The lowest BCUT2D eigenvalue weighted by atomic mass is 9.99. The molecule has 98 valence electrons. The fourth-order valence-corrected chi connectivity index (χ4v) is 2.90. The number of carbonyl (C=O) groups is 1. The second kappa shape index (κ2) is 5.74. The number of hydrogen-bond acceptors (Lipinski definition) is 2. The summed E-state index contributed by atoms with van der Waals surface area (Å²) in [5.74, 6) is 1.47. The van der Waals surface area contributed by atoms with Crippen LogP contribution >= 0.6 is 15.9 Å². The van der Waals surface area contributed by atoms with Crippen molar-refractivity contribution < 1.29 is 9.53 Å². The molecule has 1 aliphatic rings. The van der Waals surface area contributed by atoms with Gasteiger partial charge < -0.3 is 9.64 Å². The third kappa shape index (κ3) is 2.86. The van der Waals surface area contributed by atoms with Crippen LogP contribution in [0.2, 0.25) is 0 Å². The van der Waals surface area contributed by atoms with Gasteiger partial charge in [-0.05, 0) is 52.9 Å². The Bertz CT molecular complexity index is 447. The summed E-state index contributed by atoms with van der Waals surface area (Å²) in [6, 6.07) is 5.48. The number of methoxy groups -OCH3 is 1. The quantitative estimate of drug-likeness (QED) is 0.838. The normalized spacial score (nSPS) is 19.7. The van der Waals surface area contributed by atoms with Crippen molar-refractivity contribution in [1.82, 2.24) is 4.90 Å². The van der Waals surface area contributed by atoms with Gasteiger partial charge in [-0.3, -0.25) is 4.79 Å². The van der Waals surface area contributed by atoms with Gasteiger partial charge in [-0.1, -0.05) is 6.92 Å². The summed E-state index contributed by atoms with van der Waals surface area (Å²) in [7, 11) is 1.62. The fourth-order valence-electron chi connectivity index (χ4n) is 2.36. The van der Waals surface area contributed by atoms with E-state index >= 15 is 0 Å². The molecule has 0 aromatic heterocycles. The highest BCUT2D eigenvalue weighted by Gasteiger charge is 2.22. The second-order valence-corrected chi connectivity index (χ2v) is 5.70. The van der Waals surface area contributed by atoms with Crippen LogP contribution in [0.4, 0.5) is 0 Å². The van der Waals surface area contributed by atoms with Gasteiger partial charge in [0.05, 0.1) is 11.6 Å². The number of nitrogens with zero attached hydrogens (tertiary/aromatic N) is 1. The lowest BCUT2D eigenvalue weighted by Crippen LogP contribution is -2.39. The van der Waals surface area contributed by atoms with Crippen molar-refractivity contribution in [3.8, 4) is 5.75 Å². The van der Waals surface area contributed by atoms with Crippen molar-refractivity contribution in [3.63, 3.8) is 0 Å². The molecule has 1 heterocycles. The maximum atomic E-state index is 12.4. The van der Waals surface area contributed by atoms with E-state index in [4.69, 9.17) is 4.74 Å². The van der Waals surface area contributed by atoms with Crippen LogP contribution in [-0.2, 0) is 0 Å². The number of hydrogen-bond donors (Lipinski definition) is 0. The van der Waals surface area contributed by atoms with E-state index < -0.39 is 0 Å². The smallest absolute Gasteiger partial charge is 0.253 e. The zero-order chi connectivity index (χ0) is 13.1. The van der Waals surface area contributed by atoms with E-state index in [2.05, 4.69) is 22.9 Å². The predicted octanol–water partition coefficient (Wildman–Crippen LogP) is 3.33. The van der Waals surface area contributed by atoms with Gasteiger partial charge in [0.2, 0.25) is 0 Å². The Hall–Kier alpha value is -1.03. The molecule has 1 saturated heterocycles. The molecule has 18 heavy (non-hydrogen) atoms. The zero-order valence-corrected chi connectivity index (χ0v) is 12.4. The summed E-state index contributed by atoms with van der Waals surface area (Å²) in [4.78, 5) is 14.3. The van der Waals surface area contributed by atoms with Crippen molar-refractivity contribution in [2.75, 3.05) is 20.2 Å². The van der Waals surface area contributed by atoms with Gasteiger partial charge in [0.15, 0.2) is 0 Å². The van der Waals surface area contributed by atoms with Crippen molar-refractivity contribution in [2.24, 2.45) is 5.92 Å². The third-order valence-electron chi connectivity index (χ3n) is 3.34. The minimum absolute atomic E-state index is 0.116. The van der Waals surface area contributed by atoms with Crippen LogP contribution in [0.3, 0.4) is 0 Å². The van der Waals surface area contributed by atoms with Crippen LogP contribution < -0.4 is 4.74 Å². The van der Waals surface area contributed by atoms with Crippen molar-refractivity contribution in [1.29, 1.82) is 0 Å². The Labute approximate surface area is 116 Å². The Morgan fingerprint density at radius 1 is 1.50 bits per heavy atom. The second-order valence-electron chi connectivity index (χ2n) is 4.85. The van der Waals surface area contributed by atoms with Gasteiger partial charge in [0.25, 0.3) is 5.91 Å². The standard InChI is InChI=1S/C14H18BrNO2/c1-10-4-3-7-16(9-10)14(17)11-5-6-13(18-2)12(15)8-11/h5-6,8,10H,3-4,7,9H2,1-2H3. The molecule has 0 N–H and O–H groups in total. The minimum Gasteiger partial charge on any atom is -0.496 e. The maximum Gasteiger partial charge on any atom is 0.253 e. The van der Waals surface area contributed by atoms with Gasteiger partial charge in [0, 0.05) is 18.7 Å². The highest BCUT2D eigenvalue weighted by atomic mass is 79.9. The van der Waals surface area contributed by atoms with Crippen LogP contribution in [-0.4, -0.2) is 31.0 Å². The molecule has 1 aromatic rings. The van der Waals surface area contributed by atoms with E-state index in [1.165, 1.54) is 6.42 Å². The first-order valence-corrected chi connectivity index (χ1v) is 7.04. The van der Waals surface area contributed by atoms with Crippen LogP contribution in [0.25, 0.3) is 0 Å². The van der Waals surface area contributed by atoms with Gasteiger partial charge in [-0.25, -0.2) is 0 Å². The van der Waals surface area contributed by atoms with Crippen LogP contribution in [0.5, 0.6) is 5.75 Å². The molecule has 0 aliphatic carbocycles. The average Bonchev–Trinajstić information content (AvgIpc) is 2.37. The molecule has 1 aromatic carbocycles. The van der Waals surface area contributed by atoms with Crippen LogP contribution in [0.15, 0.2) is 22.7 Å². The fraction of sp³-hybridized carbons (Fsp3) is 0.500. The number of amides is 1. The van der Waals surface area contributed by atoms with Crippen molar-refractivity contribution in [2.45, 2.75) is 19.8 Å². The Morgan fingerprint density at radius 2 is 2.28 bits per heavy atom. The number of halogens is 1. The SMILES string of the molecule is COc1ccc(C(=O)N2CCCC(C)C2)cc1Br. The lowest BCUT2D eigenvalue weighted by Gasteiger charge is -2.31. The first-order chi connectivity index (χ1) is 8.61. The number of carbonyl (C=O) groups excluding carboxylic acids is 1. The minimum atomic E-state index is 0.116. The van der Waals surface area contributed by atoms with E-state index in [0.717, 1.165) is 35.3 Å². The molecule has 0 bridgehead atoms. The Kier molecular flexibility index (Phi) is 4.27. The lowest BCUT2D eigenvalue weighted by molar-refractivity contribution is 0.0683. The van der Waals surface area contributed by atoms with Gasteiger partial charge in [0.1, 0.15) is 5.75 Å². The number of likely N-dealkylation sites (tertiary alicyclic amines) is 1. The van der Waals surface area contributed by atoms with E-state index in [1.54, 1.807) is 7.11 Å². The number of benzene rings is 1. The molecule has 4 heteroatoms. The summed E-state index contributed by atoms with van der Waals surface area (Å²) in [6.07, 6.45) is 2.32. The Morgan fingerprint density at radius 3 is 2.89 bits per heavy atom. The maximum absolute atomic E-state index is 12.4. The van der Waals surface area contributed by atoms with Gasteiger partial charge in [-0.2, -0.15) is 0 Å². The van der Waals surface area contributed by atoms with E-state index in [1.807, 2.05) is 23.1 Å². The highest BCUT2D eigenvalue weighted by molar-refractivity contribution is 9.10. The molecule has 1 fully saturated rings. The third-order valence-corrected chi connectivity index (χ3v) is 3.96. The van der Waals surface area contributed by atoms with Gasteiger partial charge >= 0.3 is 0 Å². The largest absolute Gasteiger partial charge is 0.496 e. The van der Waals surface area contributed by atoms with Crippen LogP contribution in [0.1, 0.15) is 30.1 Å². The molecule has 2 rings (SSSR count). The highest BCUT2D eigenvalue weighted by Crippen LogP contribution is 2.27. The summed E-state index contributed by atoms with van der Waals surface area (Å²) in [6.45, 7) is 3.93. The molecule has 0 saturated carbocycles. The topological polar surface area (TPSA) is 29.5 Å². The molecule has 3 nitrogen and oxygen atoms in total. The molecule has 1 unspecified atom stereocenters. The first-order valence-electron chi connectivity index (χ1n) is 6.24. The summed E-state index contributed by atoms with van der Waals surface area (Å²) in [5, 5.41) is 0. The van der Waals surface area contributed by atoms with E-state index in [0.29, 0.717) is 5.92 Å². The Balaban J connectivity index is 2.15. The number of piperidine rings is 1. The molecule has 0 radical (unpaired) electrons. The first kappa shape index (κ1) is 13.4. The monoisotopic (exact) mass is 311 g/mol. The van der Waals surface area contributed by atoms with Gasteiger partial charge in [-0.15, -0.1) is 0 Å². The summed E-state index contributed by atoms with van der Waals surface area (Å²) < 4.78 is 5.99. The summed E-state index contributed by atoms with van der Waals surface area (Å²) >= 11 is 3.42. The number of rotatable bonds is 2. The molecular weight excluding hydrogens is 294 g/mol.